The summed E-state index contributed by atoms with van der Waals surface area (Å²) in [6.07, 6.45) is 0.627. The summed E-state index contributed by atoms with van der Waals surface area (Å²) < 4.78 is 20.8. The first-order valence-corrected chi connectivity index (χ1v) is 7.54. The third-order valence-corrected chi connectivity index (χ3v) is 3.16. The quantitative estimate of drug-likeness (QED) is 0.608. The predicted octanol–water partition coefficient (Wildman–Crippen LogP) is 1.59. The van der Waals surface area contributed by atoms with Gasteiger partial charge in [-0.2, -0.15) is 0 Å². The van der Waals surface area contributed by atoms with Gasteiger partial charge < -0.3 is 24.7 Å². The van der Waals surface area contributed by atoms with Gasteiger partial charge in [0.1, 0.15) is 0 Å². The summed E-state index contributed by atoms with van der Waals surface area (Å²) in [6.45, 7) is 5.29. The Kier molecular flexibility index (Phi) is 6.86. The molecule has 1 aromatic rings. The number of halogens is 1. The number of esters is 2. The number of carbonyl (C=O) groups is 2. The maximum atomic E-state index is 12.2. The summed E-state index contributed by atoms with van der Waals surface area (Å²) in [4.78, 5) is 24.4. The average Bonchev–Trinajstić information content (AvgIpc) is 2.87. The van der Waals surface area contributed by atoms with Gasteiger partial charge in [-0.15, -0.1) is 12.4 Å². The molecule has 134 valence electrons. The van der Waals surface area contributed by atoms with Crippen LogP contribution in [-0.2, 0) is 25.5 Å². The van der Waals surface area contributed by atoms with Crippen molar-refractivity contribution < 1.29 is 28.5 Å². The molecule has 1 aliphatic heterocycles. The first-order valence-electron chi connectivity index (χ1n) is 7.54. The van der Waals surface area contributed by atoms with Gasteiger partial charge in [0.05, 0.1) is 13.2 Å². The van der Waals surface area contributed by atoms with Crippen molar-refractivity contribution in [2.75, 3.05) is 13.2 Å². The number of nitrogens with two attached hydrogens (primary N) is 1. The summed E-state index contributed by atoms with van der Waals surface area (Å²) in [5.41, 5.74) is 6.69. The van der Waals surface area contributed by atoms with E-state index in [1.165, 1.54) is 0 Å². The van der Waals surface area contributed by atoms with Crippen LogP contribution in [0.15, 0.2) is 18.2 Å². The fourth-order valence-electron chi connectivity index (χ4n) is 2.25. The SMILES string of the molecule is CCOC(=O)C1(C(=O)OCC)Oc2ccc(C[C@@H](C)N)cc2O1.Cl. The average molecular weight is 360 g/mol. The molecule has 1 aliphatic rings. The normalized spacial score (nSPS) is 15.2. The Morgan fingerprint density at radius 2 is 1.67 bits per heavy atom. The summed E-state index contributed by atoms with van der Waals surface area (Å²) in [5.74, 6) is -3.57. The highest BCUT2D eigenvalue weighted by atomic mass is 35.5. The number of hydrogen-bond donors (Lipinski definition) is 1. The Bertz CT molecular complexity index is 586. The fourth-order valence-corrected chi connectivity index (χ4v) is 2.25. The van der Waals surface area contributed by atoms with Crippen LogP contribution in [0.3, 0.4) is 0 Å². The number of fused-ring (bicyclic) bond motifs is 1. The molecule has 0 aromatic heterocycles. The van der Waals surface area contributed by atoms with Crippen LogP contribution in [0, 0.1) is 0 Å². The first kappa shape index (κ1) is 20.1. The summed E-state index contributed by atoms with van der Waals surface area (Å²) in [6, 6.07) is 5.10. The minimum Gasteiger partial charge on any atom is -0.460 e. The number of hydrogen-bond acceptors (Lipinski definition) is 7. The lowest BCUT2D eigenvalue weighted by Gasteiger charge is -2.22. The van der Waals surface area contributed by atoms with E-state index >= 15 is 0 Å². The molecule has 0 aliphatic carbocycles. The molecule has 0 saturated carbocycles. The lowest BCUT2D eigenvalue weighted by molar-refractivity contribution is -0.202. The number of carbonyl (C=O) groups excluding carboxylic acids is 2. The van der Waals surface area contributed by atoms with E-state index in [4.69, 9.17) is 24.7 Å². The van der Waals surface area contributed by atoms with Crippen molar-refractivity contribution in [1.29, 1.82) is 0 Å². The fraction of sp³-hybridized carbons (Fsp3) is 0.500. The molecule has 1 atom stereocenters. The van der Waals surface area contributed by atoms with E-state index in [-0.39, 0.29) is 43.2 Å². The Hall–Kier alpha value is -1.99. The van der Waals surface area contributed by atoms with Crippen LogP contribution in [0.4, 0.5) is 0 Å². The van der Waals surface area contributed by atoms with Crippen molar-refractivity contribution in [2.24, 2.45) is 5.73 Å². The van der Waals surface area contributed by atoms with Crippen LogP contribution in [0.1, 0.15) is 26.3 Å². The molecule has 1 heterocycles. The monoisotopic (exact) mass is 359 g/mol. The standard InChI is InChI=1S/C16H21NO6.ClH/c1-4-20-14(18)16(15(19)21-5-2)22-12-7-6-11(8-10(3)17)9-13(12)23-16;/h6-7,9-10H,4-5,8,17H2,1-3H3;1H/t10-;/m1./s1. The van der Waals surface area contributed by atoms with Gasteiger partial charge in [0.2, 0.25) is 0 Å². The zero-order valence-corrected chi connectivity index (χ0v) is 14.7. The van der Waals surface area contributed by atoms with E-state index < -0.39 is 17.7 Å². The van der Waals surface area contributed by atoms with Gasteiger partial charge in [-0.1, -0.05) is 6.07 Å². The van der Waals surface area contributed by atoms with E-state index in [1.807, 2.05) is 6.92 Å². The number of rotatable bonds is 6. The molecule has 0 unspecified atom stereocenters. The van der Waals surface area contributed by atoms with Crippen molar-refractivity contribution in [1.82, 2.24) is 0 Å². The molecule has 24 heavy (non-hydrogen) atoms. The Morgan fingerprint density at radius 3 is 2.17 bits per heavy atom. The van der Waals surface area contributed by atoms with Crippen LogP contribution in [0.2, 0.25) is 0 Å². The topological polar surface area (TPSA) is 97.1 Å². The third kappa shape index (κ3) is 3.91. The molecule has 0 radical (unpaired) electrons. The molecule has 1 aromatic carbocycles. The molecule has 0 fully saturated rings. The molecule has 7 nitrogen and oxygen atoms in total. The molecule has 0 bridgehead atoms. The van der Waals surface area contributed by atoms with E-state index in [9.17, 15) is 9.59 Å². The first-order chi connectivity index (χ1) is 10.9. The van der Waals surface area contributed by atoms with Crippen molar-refractivity contribution in [3.05, 3.63) is 23.8 Å². The predicted molar refractivity (Wildman–Crippen MR) is 88.3 cm³/mol. The highest BCUT2D eigenvalue weighted by Crippen LogP contribution is 2.41. The summed E-state index contributed by atoms with van der Waals surface area (Å²) in [7, 11) is 0. The maximum Gasteiger partial charge on any atom is 0.453 e. The zero-order chi connectivity index (χ0) is 17.0. The second kappa shape index (κ2) is 8.21. The minimum atomic E-state index is -2.25. The summed E-state index contributed by atoms with van der Waals surface area (Å²) >= 11 is 0. The smallest absolute Gasteiger partial charge is 0.453 e. The van der Waals surface area contributed by atoms with Gasteiger partial charge in [0.25, 0.3) is 0 Å². The molecule has 0 spiro atoms. The highest BCUT2D eigenvalue weighted by Gasteiger charge is 2.59. The van der Waals surface area contributed by atoms with Gasteiger partial charge in [0.15, 0.2) is 11.5 Å². The Labute approximate surface area is 146 Å². The zero-order valence-electron chi connectivity index (χ0n) is 13.9. The summed E-state index contributed by atoms with van der Waals surface area (Å²) in [5, 5.41) is 0. The molecule has 2 N–H and O–H groups in total. The lowest BCUT2D eigenvalue weighted by Crippen LogP contribution is -2.55. The van der Waals surface area contributed by atoms with Gasteiger partial charge in [-0.05, 0) is 44.9 Å². The second-order valence-electron chi connectivity index (χ2n) is 5.22. The third-order valence-electron chi connectivity index (χ3n) is 3.16. The van der Waals surface area contributed by atoms with E-state index in [1.54, 1.807) is 32.0 Å². The van der Waals surface area contributed by atoms with E-state index in [0.29, 0.717) is 6.42 Å². The minimum absolute atomic E-state index is 0. The van der Waals surface area contributed by atoms with Crippen LogP contribution in [-0.4, -0.2) is 37.0 Å². The highest BCUT2D eigenvalue weighted by molar-refractivity contribution is 6.03. The number of benzene rings is 1. The van der Waals surface area contributed by atoms with Crippen molar-refractivity contribution >= 4 is 24.3 Å². The molecule has 8 heteroatoms. The van der Waals surface area contributed by atoms with Crippen molar-refractivity contribution in [3.8, 4) is 11.5 Å². The van der Waals surface area contributed by atoms with Crippen LogP contribution in [0.5, 0.6) is 11.5 Å². The largest absolute Gasteiger partial charge is 0.460 e. The lowest BCUT2D eigenvalue weighted by atomic mass is 10.1. The van der Waals surface area contributed by atoms with E-state index in [2.05, 4.69) is 0 Å². The van der Waals surface area contributed by atoms with Crippen LogP contribution < -0.4 is 15.2 Å². The van der Waals surface area contributed by atoms with Gasteiger partial charge in [-0.3, -0.25) is 0 Å². The van der Waals surface area contributed by atoms with Gasteiger partial charge in [0, 0.05) is 6.04 Å². The van der Waals surface area contributed by atoms with Crippen LogP contribution >= 0.6 is 12.4 Å². The second-order valence-corrected chi connectivity index (χ2v) is 5.22. The van der Waals surface area contributed by atoms with E-state index in [0.717, 1.165) is 5.56 Å². The van der Waals surface area contributed by atoms with Gasteiger partial charge >= 0.3 is 17.7 Å². The van der Waals surface area contributed by atoms with Crippen molar-refractivity contribution in [2.45, 2.75) is 39.0 Å². The molecule has 0 amide bonds. The molecular formula is C16H22ClNO6. The molecular weight excluding hydrogens is 338 g/mol. The molecule has 0 saturated heterocycles. The van der Waals surface area contributed by atoms with Crippen LogP contribution in [0.25, 0.3) is 0 Å². The Balaban J connectivity index is 0.00000288. The van der Waals surface area contributed by atoms with Crippen molar-refractivity contribution in [3.63, 3.8) is 0 Å². The Morgan fingerprint density at radius 1 is 1.12 bits per heavy atom. The number of ether oxygens (including phenoxy) is 4. The molecule has 2 rings (SSSR count). The van der Waals surface area contributed by atoms with Gasteiger partial charge in [-0.25, -0.2) is 9.59 Å². The maximum absolute atomic E-state index is 12.2.